The van der Waals surface area contributed by atoms with Gasteiger partial charge < -0.3 is 29.5 Å². The molecule has 1 aliphatic carbocycles. The van der Waals surface area contributed by atoms with Gasteiger partial charge in [0.2, 0.25) is 0 Å². The van der Waals surface area contributed by atoms with Crippen molar-refractivity contribution in [2.75, 3.05) is 19.8 Å². The van der Waals surface area contributed by atoms with Crippen LogP contribution in [0, 0.1) is 5.92 Å². The van der Waals surface area contributed by atoms with Crippen LogP contribution in [0.15, 0.2) is 59.3 Å². The van der Waals surface area contributed by atoms with E-state index in [0.29, 0.717) is 6.42 Å². The number of esters is 3. The van der Waals surface area contributed by atoms with Crippen LogP contribution in [0.1, 0.15) is 33.1 Å². The van der Waals surface area contributed by atoms with Gasteiger partial charge in [-0.2, -0.15) is 0 Å². The number of hydrogen-bond acceptors (Lipinski definition) is 9. The van der Waals surface area contributed by atoms with E-state index in [1.54, 1.807) is 0 Å². The highest BCUT2D eigenvalue weighted by atomic mass is 16.6. The fraction of sp³-hybridized carbons (Fsp3) is 0.480. The van der Waals surface area contributed by atoms with Crippen molar-refractivity contribution >= 4 is 17.9 Å². The molecule has 34 heavy (non-hydrogen) atoms. The molecule has 0 bridgehead atoms. The molecule has 0 amide bonds. The summed E-state index contributed by atoms with van der Waals surface area (Å²) in [5.74, 6) is -3.02. The summed E-state index contributed by atoms with van der Waals surface area (Å²) in [6.07, 6.45) is 4.04. The molecule has 9 heteroatoms. The van der Waals surface area contributed by atoms with Crippen LogP contribution in [0.4, 0.5) is 0 Å². The molecule has 9 nitrogen and oxygen atoms in total. The molecule has 1 fully saturated rings. The largest absolute Gasteiger partial charge is 0.458 e. The second kappa shape index (κ2) is 12.5. The predicted molar refractivity (Wildman–Crippen MR) is 122 cm³/mol. The topological polar surface area (TPSA) is 140 Å². The Balaban J connectivity index is 2.24. The summed E-state index contributed by atoms with van der Waals surface area (Å²) < 4.78 is 16.2. The van der Waals surface area contributed by atoms with Crippen molar-refractivity contribution in [3.05, 3.63) is 59.3 Å². The first kappa shape index (κ1) is 27.2. The zero-order valence-corrected chi connectivity index (χ0v) is 19.5. The SMILES string of the molecule is C=C(C(=O)OC/C(=C\CO)C(=O)O[C@@H]1C/C(C)=C/CC/C(C)=C/[C@H]2OC(=O)C(=C)[C@@H]21)C(O)CO. The second-order valence-electron chi connectivity index (χ2n) is 8.38. The van der Waals surface area contributed by atoms with E-state index < -0.39 is 62.0 Å². The van der Waals surface area contributed by atoms with E-state index in [4.69, 9.17) is 19.3 Å². The molecule has 1 unspecified atom stereocenters. The molecule has 0 saturated carbocycles. The van der Waals surface area contributed by atoms with E-state index in [1.165, 1.54) is 0 Å². The summed E-state index contributed by atoms with van der Waals surface area (Å²) in [6, 6.07) is 0. The summed E-state index contributed by atoms with van der Waals surface area (Å²) in [6.45, 7) is 9.25. The second-order valence-corrected chi connectivity index (χ2v) is 8.38. The van der Waals surface area contributed by atoms with E-state index in [2.05, 4.69) is 13.2 Å². The number of carbonyl (C=O) groups excluding carboxylic acids is 3. The summed E-state index contributed by atoms with van der Waals surface area (Å²) in [5.41, 5.74) is 1.68. The van der Waals surface area contributed by atoms with Gasteiger partial charge in [-0.15, -0.1) is 0 Å². The lowest BCUT2D eigenvalue weighted by Crippen LogP contribution is -2.34. The lowest BCUT2D eigenvalue weighted by atomic mass is 9.85. The van der Waals surface area contributed by atoms with E-state index in [0.717, 1.165) is 30.1 Å². The van der Waals surface area contributed by atoms with Crippen LogP contribution >= 0.6 is 0 Å². The molecule has 0 aromatic rings. The molecule has 1 aliphatic heterocycles. The first-order chi connectivity index (χ1) is 16.1. The predicted octanol–water partition coefficient (Wildman–Crippen LogP) is 1.44. The number of carbonyl (C=O) groups is 3. The van der Waals surface area contributed by atoms with E-state index >= 15 is 0 Å². The van der Waals surface area contributed by atoms with E-state index in [-0.39, 0.29) is 16.7 Å². The summed E-state index contributed by atoms with van der Waals surface area (Å²) >= 11 is 0. The lowest BCUT2D eigenvalue weighted by molar-refractivity contribution is -0.148. The lowest BCUT2D eigenvalue weighted by Gasteiger charge is -2.27. The molecule has 0 radical (unpaired) electrons. The first-order valence-corrected chi connectivity index (χ1v) is 11.0. The number of rotatable bonds is 8. The van der Waals surface area contributed by atoms with Gasteiger partial charge in [0.1, 0.15) is 24.9 Å². The van der Waals surface area contributed by atoms with Gasteiger partial charge in [-0.3, -0.25) is 0 Å². The number of allylic oxidation sites excluding steroid dienone is 2. The number of aliphatic hydroxyl groups is 3. The van der Waals surface area contributed by atoms with Crippen LogP contribution < -0.4 is 0 Å². The molecule has 4 atom stereocenters. The van der Waals surface area contributed by atoms with Gasteiger partial charge in [0, 0.05) is 12.0 Å². The molecule has 186 valence electrons. The summed E-state index contributed by atoms with van der Waals surface area (Å²) in [5, 5.41) is 27.8. The van der Waals surface area contributed by atoms with Crippen LogP contribution in [-0.2, 0) is 28.6 Å². The zero-order chi connectivity index (χ0) is 25.4. The van der Waals surface area contributed by atoms with Crippen LogP contribution in [0.3, 0.4) is 0 Å². The molecular formula is C25H32O9. The van der Waals surface area contributed by atoms with Crippen molar-refractivity contribution in [2.45, 2.75) is 51.4 Å². The molecular weight excluding hydrogens is 444 g/mol. The standard InChI is InChI=1S/C25H32O9/c1-14-6-5-7-15(2)11-21(22-17(4)24(30)33-20(22)10-14)34-25(31)18(8-9-26)13-32-23(29)16(3)19(28)12-27/h7-8,10,19-22,26-28H,3-6,9,11-13H2,1-2H3/b14-10+,15-7+,18-8+/t19?,20-,21-,22+/m1/s1. The third-order valence-corrected chi connectivity index (χ3v) is 5.72. The average Bonchev–Trinajstić information content (AvgIpc) is 3.06. The highest BCUT2D eigenvalue weighted by Gasteiger charge is 2.44. The Morgan fingerprint density at radius 2 is 1.97 bits per heavy atom. The number of hydrogen-bond donors (Lipinski definition) is 3. The smallest absolute Gasteiger partial charge is 0.337 e. The fourth-order valence-corrected chi connectivity index (χ4v) is 3.74. The number of ether oxygens (including phenoxy) is 3. The Bertz CT molecular complexity index is 925. The van der Waals surface area contributed by atoms with Gasteiger partial charge in [-0.05, 0) is 38.8 Å². The summed E-state index contributed by atoms with van der Waals surface area (Å²) in [7, 11) is 0. The zero-order valence-electron chi connectivity index (χ0n) is 19.5. The highest BCUT2D eigenvalue weighted by Crippen LogP contribution is 2.36. The third-order valence-electron chi connectivity index (χ3n) is 5.72. The minimum atomic E-state index is -1.50. The van der Waals surface area contributed by atoms with Gasteiger partial charge in [-0.1, -0.05) is 30.4 Å². The minimum Gasteiger partial charge on any atom is -0.458 e. The maximum Gasteiger partial charge on any atom is 0.337 e. The van der Waals surface area contributed by atoms with Gasteiger partial charge in [0.25, 0.3) is 0 Å². The Labute approximate surface area is 198 Å². The Morgan fingerprint density at radius 1 is 1.26 bits per heavy atom. The van der Waals surface area contributed by atoms with Crippen LogP contribution in [0.2, 0.25) is 0 Å². The molecule has 1 heterocycles. The molecule has 0 spiro atoms. The van der Waals surface area contributed by atoms with Crippen molar-refractivity contribution in [3.63, 3.8) is 0 Å². The molecule has 2 aliphatic rings. The monoisotopic (exact) mass is 476 g/mol. The Morgan fingerprint density at radius 3 is 2.62 bits per heavy atom. The molecule has 0 aromatic carbocycles. The van der Waals surface area contributed by atoms with Gasteiger partial charge in [0.15, 0.2) is 0 Å². The molecule has 1 saturated heterocycles. The van der Waals surface area contributed by atoms with Crippen molar-refractivity contribution < 1.29 is 43.9 Å². The van der Waals surface area contributed by atoms with Crippen molar-refractivity contribution in [1.29, 1.82) is 0 Å². The first-order valence-electron chi connectivity index (χ1n) is 11.0. The normalized spacial score (nSPS) is 27.3. The van der Waals surface area contributed by atoms with Crippen LogP contribution in [0.5, 0.6) is 0 Å². The molecule has 2 rings (SSSR count). The number of aliphatic hydroxyl groups excluding tert-OH is 3. The van der Waals surface area contributed by atoms with Crippen LogP contribution in [-0.4, -0.2) is 71.4 Å². The average molecular weight is 477 g/mol. The van der Waals surface area contributed by atoms with Gasteiger partial charge in [0.05, 0.1) is 30.3 Å². The third kappa shape index (κ3) is 6.99. The van der Waals surface area contributed by atoms with Crippen molar-refractivity contribution in [1.82, 2.24) is 0 Å². The number of fused-ring (bicyclic) bond motifs is 1. The van der Waals surface area contributed by atoms with Crippen LogP contribution in [0.25, 0.3) is 0 Å². The van der Waals surface area contributed by atoms with Gasteiger partial charge in [-0.25, -0.2) is 14.4 Å². The minimum absolute atomic E-state index is 0.139. The Hall–Kier alpha value is -3.01. The quantitative estimate of drug-likeness (QED) is 0.205. The van der Waals surface area contributed by atoms with E-state index in [9.17, 15) is 24.6 Å². The highest BCUT2D eigenvalue weighted by molar-refractivity contribution is 5.93. The maximum absolute atomic E-state index is 13.0. The Kier molecular flexibility index (Phi) is 9.97. The fourth-order valence-electron chi connectivity index (χ4n) is 3.74. The van der Waals surface area contributed by atoms with Gasteiger partial charge >= 0.3 is 17.9 Å². The molecule has 0 aromatic heterocycles. The molecule has 3 N–H and O–H groups in total. The summed E-state index contributed by atoms with van der Waals surface area (Å²) in [4.78, 5) is 37.2. The van der Waals surface area contributed by atoms with E-state index in [1.807, 2.05) is 26.0 Å². The van der Waals surface area contributed by atoms with Crippen molar-refractivity contribution in [2.24, 2.45) is 5.92 Å². The van der Waals surface area contributed by atoms with Crippen molar-refractivity contribution in [3.8, 4) is 0 Å². The maximum atomic E-state index is 13.0.